The average Bonchev–Trinajstić information content (AvgIpc) is 3.17. The summed E-state index contributed by atoms with van der Waals surface area (Å²) in [6.07, 6.45) is 5.30. The Hall–Kier alpha value is -3.08. The highest BCUT2D eigenvalue weighted by molar-refractivity contribution is 6.08. The van der Waals surface area contributed by atoms with Crippen molar-refractivity contribution in [2.75, 3.05) is 13.2 Å². The first-order valence-corrected chi connectivity index (χ1v) is 11.2. The van der Waals surface area contributed by atoms with Crippen molar-refractivity contribution in [2.24, 2.45) is 11.0 Å². The highest BCUT2D eigenvalue weighted by atomic mass is 16.5. The van der Waals surface area contributed by atoms with Crippen LogP contribution in [-0.4, -0.2) is 29.8 Å². The number of rotatable bonds is 6. The van der Waals surface area contributed by atoms with E-state index < -0.39 is 0 Å². The molecule has 2 aliphatic rings. The Bertz CT molecular complexity index is 977. The molecule has 5 heteroatoms. The molecule has 2 aromatic rings. The van der Waals surface area contributed by atoms with Crippen LogP contribution in [0.4, 0.5) is 0 Å². The van der Waals surface area contributed by atoms with Crippen LogP contribution >= 0.6 is 0 Å². The van der Waals surface area contributed by atoms with Crippen LogP contribution in [0.25, 0.3) is 6.08 Å². The zero-order valence-electron chi connectivity index (χ0n) is 18.5. The minimum Gasteiger partial charge on any atom is -0.494 e. The molecule has 1 aliphatic carbocycles. The molecule has 0 N–H and O–H groups in total. The minimum absolute atomic E-state index is 0.0267. The first kappa shape index (κ1) is 21.2. The topological polar surface area (TPSA) is 51.1 Å². The monoisotopic (exact) mass is 418 g/mol. The van der Waals surface area contributed by atoms with E-state index in [0.29, 0.717) is 13.2 Å². The lowest BCUT2D eigenvalue weighted by atomic mass is 9.77. The van der Waals surface area contributed by atoms with Crippen LogP contribution in [0.2, 0.25) is 0 Å². The molecule has 0 bridgehead atoms. The van der Waals surface area contributed by atoms with Gasteiger partial charge in [0, 0.05) is 12.8 Å². The lowest BCUT2D eigenvalue weighted by Gasteiger charge is -2.29. The van der Waals surface area contributed by atoms with Gasteiger partial charge >= 0.3 is 0 Å². The maximum Gasteiger partial charge on any atom is 0.240 e. The van der Waals surface area contributed by atoms with Crippen LogP contribution in [0.15, 0.2) is 59.2 Å². The van der Waals surface area contributed by atoms with Crippen LogP contribution in [-0.2, 0) is 4.79 Å². The second kappa shape index (κ2) is 9.38. The molecule has 1 aliphatic heterocycles. The van der Waals surface area contributed by atoms with Crippen molar-refractivity contribution in [3.05, 3.63) is 65.2 Å². The molecule has 0 unspecified atom stereocenters. The summed E-state index contributed by atoms with van der Waals surface area (Å²) in [5.74, 6) is 1.91. The van der Waals surface area contributed by atoms with E-state index in [4.69, 9.17) is 14.6 Å². The summed E-state index contributed by atoms with van der Waals surface area (Å²) in [4.78, 5) is 12.5. The number of carbonyl (C=O) groups excluding carboxylic acids is 1. The van der Waals surface area contributed by atoms with Crippen LogP contribution < -0.4 is 9.47 Å². The number of amides is 1. The number of carbonyl (C=O) groups is 1. The van der Waals surface area contributed by atoms with E-state index in [2.05, 4.69) is 30.3 Å². The van der Waals surface area contributed by atoms with Gasteiger partial charge in [-0.2, -0.15) is 5.10 Å². The third kappa shape index (κ3) is 4.50. The maximum atomic E-state index is 12.5. The standard InChI is InChI=1S/C26H30N2O3/c1-4-30-22-13-9-19(10-14-22)17-21-7-6-8-24-25(21)27-28(18(3)29)26(24)20-11-15-23(16-12-20)31-5-2/h9-17,24,26H,4-8H2,1-3H3/b21-17+/t24-,26+/m1/s1. The van der Waals surface area contributed by atoms with E-state index in [0.717, 1.165) is 47.6 Å². The van der Waals surface area contributed by atoms with Crippen molar-refractivity contribution < 1.29 is 14.3 Å². The second-order valence-electron chi connectivity index (χ2n) is 7.97. The number of hydrazone groups is 1. The van der Waals surface area contributed by atoms with Gasteiger partial charge in [0.25, 0.3) is 0 Å². The van der Waals surface area contributed by atoms with E-state index in [1.165, 1.54) is 5.57 Å². The summed E-state index contributed by atoms with van der Waals surface area (Å²) in [5.41, 5.74) is 4.50. The second-order valence-corrected chi connectivity index (χ2v) is 7.97. The Morgan fingerprint density at radius 2 is 1.65 bits per heavy atom. The zero-order chi connectivity index (χ0) is 21.8. The van der Waals surface area contributed by atoms with Gasteiger partial charge in [0.2, 0.25) is 5.91 Å². The molecule has 162 valence electrons. The Labute approximate surface area is 184 Å². The Balaban J connectivity index is 1.63. The van der Waals surface area contributed by atoms with Gasteiger partial charge in [-0.25, -0.2) is 5.01 Å². The summed E-state index contributed by atoms with van der Waals surface area (Å²) < 4.78 is 11.1. The van der Waals surface area contributed by atoms with E-state index >= 15 is 0 Å². The smallest absolute Gasteiger partial charge is 0.240 e. The van der Waals surface area contributed by atoms with E-state index in [1.54, 1.807) is 11.9 Å². The Morgan fingerprint density at radius 1 is 1.03 bits per heavy atom. The molecular weight excluding hydrogens is 388 g/mol. The van der Waals surface area contributed by atoms with E-state index in [9.17, 15) is 4.79 Å². The molecule has 5 nitrogen and oxygen atoms in total. The summed E-state index contributed by atoms with van der Waals surface area (Å²) in [6.45, 7) is 6.85. The fraction of sp³-hybridized carbons (Fsp3) is 0.385. The average molecular weight is 419 g/mol. The minimum atomic E-state index is -0.0628. The van der Waals surface area contributed by atoms with Crippen molar-refractivity contribution in [2.45, 2.75) is 46.1 Å². The Morgan fingerprint density at radius 3 is 2.23 bits per heavy atom. The van der Waals surface area contributed by atoms with Gasteiger partial charge in [-0.1, -0.05) is 24.3 Å². The van der Waals surface area contributed by atoms with Gasteiger partial charge in [-0.15, -0.1) is 0 Å². The Kier molecular flexibility index (Phi) is 6.40. The molecule has 0 aromatic heterocycles. The number of hydrogen-bond donors (Lipinski definition) is 0. The molecule has 1 saturated carbocycles. The number of hydrogen-bond acceptors (Lipinski definition) is 4. The van der Waals surface area contributed by atoms with Crippen LogP contribution in [0.1, 0.15) is 57.2 Å². The lowest BCUT2D eigenvalue weighted by Crippen LogP contribution is -2.30. The van der Waals surface area contributed by atoms with Gasteiger partial charge in [-0.05, 0) is 80.2 Å². The number of fused-ring (bicyclic) bond motifs is 1. The van der Waals surface area contributed by atoms with Gasteiger partial charge in [0.1, 0.15) is 11.5 Å². The first-order valence-electron chi connectivity index (χ1n) is 11.2. The highest BCUT2D eigenvalue weighted by Crippen LogP contribution is 2.44. The van der Waals surface area contributed by atoms with E-state index in [1.807, 2.05) is 38.1 Å². The van der Waals surface area contributed by atoms with Gasteiger partial charge < -0.3 is 9.47 Å². The highest BCUT2D eigenvalue weighted by Gasteiger charge is 2.42. The summed E-state index contributed by atoms with van der Waals surface area (Å²) in [6, 6.07) is 16.2. The van der Waals surface area contributed by atoms with E-state index in [-0.39, 0.29) is 17.9 Å². The quantitative estimate of drug-likeness (QED) is 0.611. The summed E-state index contributed by atoms with van der Waals surface area (Å²) in [7, 11) is 0. The molecule has 0 radical (unpaired) electrons. The molecule has 1 amide bonds. The van der Waals surface area contributed by atoms with Crippen LogP contribution in [0.5, 0.6) is 11.5 Å². The molecule has 2 aromatic carbocycles. The van der Waals surface area contributed by atoms with Gasteiger partial charge in [0.05, 0.1) is 25.0 Å². The fourth-order valence-electron chi connectivity index (χ4n) is 4.55. The van der Waals surface area contributed by atoms with Crippen molar-refractivity contribution in [1.82, 2.24) is 5.01 Å². The lowest BCUT2D eigenvalue weighted by molar-refractivity contribution is -0.131. The normalized spacial score (nSPS) is 21.6. The molecule has 0 spiro atoms. The molecule has 1 heterocycles. The molecule has 31 heavy (non-hydrogen) atoms. The van der Waals surface area contributed by atoms with Crippen molar-refractivity contribution in [3.63, 3.8) is 0 Å². The third-order valence-corrected chi connectivity index (χ3v) is 5.89. The molecule has 0 saturated heterocycles. The molecule has 2 atom stereocenters. The summed E-state index contributed by atoms with van der Waals surface area (Å²) >= 11 is 0. The zero-order valence-corrected chi connectivity index (χ0v) is 18.5. The van der Waals surface area contributed by atoms with Crippen molar-refractivity contribution >= 4 is 17.7 Å². The van der Waals surface area contributed by atoms with Crippen molar-refractivity contribution in [1.29, 1.82) is 0 Å². The number of ether oxygens (including phenoxy) is 2. The van der Waals surface area contributed by atoms with Crippen LogP contribution in [0.3, 0.4) is 0 Å². The first-order chi connectivity index (χ1) is 15.1. The maximum absolute atomic E-state index is 12.5. The van der Waals surface area contributed by atoms with Gasteiger partial charge in [0.15, 0.2) is 0 Å². The third-order valence-electron chi connectivity index (χ3n) is 5.89. The SMILES string of the molecule is CCOc1ccc(/C=C2\CCC[C@@H]3C2=NN(C(C)=O)[C@H]3c2ccc(OCC)cc2)cc1. The molecule has 4 rings (SSSR count). The predicted molar refractivity (Wildman–Crippen MR) is 123 cm³/mol. The number of benzene rings is 2. The summed E-state index contributed by atoms with van der Waals surface area (Å²) in [5, 5.41) is 6.50. The van der Waals surface area contributed by atoms with Gasteiger partial charge in [-0.3, -0.25) is 4.79 Å². The van der Waals surface area contributed by atoms with Crippen LogP contribution in [0, 0.1) is 5.92 Å². The predicted octanol–water partition coefficient (Wildman–Crippen LogP) is 5.63. The van der Waals surface area contributed by atoms with Crippen molar-refractivity contribution in [3.8, 4) is 11.5 Å². The number of nitrogens with zero attached hydrogens (tertiary/aromatic N) is 2. The largest absolute Gasteiger partial charge is 0.494 e. The number of allylic oxidation sites excluding steroid dienone is 1. The fourth-order valence-corrected chi connectivity index (χ4v) is 4.55. The molecular formula is C26H30N2O3. The molecule has 1 fully saturated rings.